The molecule has 0 aliphatic carbocycles. The number of fused-ring (bicyclic) bond motifs is 1. The van der Waals surface area contributed by atoms with Crippen LogP contribution in [0.4, 0.5) is 5.82 Å². The maximum Gasteiger partial charge on any atom is 0.292 e. The normalized spacial score (nSPS) is 10.9. The number of benzene rings is 1. The zero-order chi connectivity index (χ0) is 17.1. The van der Waals surface area contributed by atoms with E-state index in [1.54, 1.807) is 35.0 Å². The van der Waals surface area contributed by atoms with Gasteiger partial charge in [0.15, 0.2) is 11.2 Å². The summed E-state index contributed by atoms with van der Waals surface area (Å²) in [5, 5.41) is 7.61. The Labute approximate surface area is 139 Å². The van der Waals surface area contributed by atoms with E-state index in [1.807, 2.05) is 6.92 Å². The van der Waals surface area contributed by atoms with Crippen molar-refractivity contribution in [2.24, 2.45) is 0 Å². The lowest BCUT2D eigenvalue weighted by Crippen LogP contribution is -2.17. The minimum absolute atomic E-state index is 0.0143. The maximum absolute atomic E-state index is 12.5. The van der Waals surface area contributed by atoms with Gasteiger partial charge in [-0.3, -0.25) is 9.59 Å². The Morgan fingerprint density at radius 3 is 2.88 bits per heavy atom. The number of nitrogens with zero attached hydrogens (tertiary/aromatic N) is 2. The first kappa shape index (κ1) is 16.0. The maximum atomic E-state index is 12.5. The lowest BCUT2D eigenvalue weighted by Gasteiger charge is -2.08. The highest BCUT2D eigenvalue weighted by Crippen LogP contribution is 2.15. The first-order valence-electron chi connectivity index (χ1n) is 7.97. The second-order valence-electron chi connectivity index (χ2n) is 5.67. The molecule has 1 N–H and O–H groups in total. The van der Waals surface area contributed by atoms with Crippen molar-refractivity contribution in [2.75, 3.05) is 5.32 Å². The fourth-order valence-electron chi connectivity index (χ4n) is 2.52. The van der Waals surface area contributed by atoms with Crippen molar-refractivity contribution in [1.82, 2.24) is 9.78 Å². The SMILES string of the molecule is CCCCn1nc(C)cc1NC(=O)c1cc(=O)c2ccccc2o1. The summed E-state index contributed by atoms with van der Waals surface area (Å²) in [6, 6.07) is 9.88. The zero-order valence-electron chi connectivity index (χ0n) is 13.7. The van der Waals surface area contributed by atoms with Gasteiger partial charge in [0, 0.05) is 18.7 Å². The summed E-state index contributed by atoms with van der Waals surface area (Å²) in [5.74, 6) is 0.122. The van der Waals surface area contributed by atoms with E-state index in [0.717, 1.165) is 25.1 Å². The number of unbranched alkanes of at least 4 members (excludes halogenated alkanes) is 1. The van der Waals surface area contributed by atoms with Gasteiger partial charge in [-0.1, -0.05) is 25.5 Å². The van der Waals surface area contributed by atoms with Crippen molar-refractivity contribution < 1.29 is 9.21 Å². The molecule has 0 aliphatic rings. The van der Waals surface area contributed by atoms with E-state index < -0.39 is 5.91 Å². The van der Waals surface area contributed by atoms with E-state index in [2.05, 4.69) is 17.3 Å². The summed E-state index contributed by atoms with van der Waals surface area (Å²) in [6.45, 7) is 4.69. The number of nitrogens with one attached hydrogen (secondary N) is 1. The molecular weight excluding hydrogens is 306 g/mol. The molecule has 2 heterocycles. The number of rotatable bonds is 5. The summed E-state index contributed by atoms with van der Waals surface area (Å²) < 4.78 is 7.32. The van der Waals surface area contributed by atoms with Gasteiger partial charge in [0.25, 0.3) is 5.91 Å². The topological polar surface area (TPSA) is 77.1 Å². The minimum atomic E-state index is -0.462. The summed E-state index contributed by atoms with van der Waals surface area (Å²) in [5.41, 5.74) is 0.977. The first-order chi connectivity index (χ1) is 11.6. The van der Waals surface area contributed by atoms with E-state index in [-0.39, 0.29) is 11.2 Å². The number of para-hydroxylation sites is 1. The van der Waals surface area contributed by atoms with Crippen molar-refractivity contribution >= 4 is 22.7 Å². The fraction of sp³-hybridized carbons (Fsp3) is 0.278. The molecule has 3 rings (SSSR count). The van der Waals surface area contributed by atoms with Gasteiger partial charge in [0.05, 0.1) is 11.1 Å². The predicted octanol–water partition coefficient (Wildman–Crippen LogP) is 3.35. The number of hydrogen-bond acceptors (Lipinski definition) is 4. The Balaban J connectivity index is 1.89. The van der Waals surface area contributed by atoms with Crippen LogP contribution in [-0.2, 0) is 6.54 Å². The van der Waals surface area contributed by atoms with Crippen LogP contribution in [0.5, 0.6) is 0 Å². The van der Waals surface area contributed by atoms with Crippen LogP contribution in [0, 0.1) is 6.92 Å². The van der Waals surface area contributed by atoms with Crippen molar-refractivity contribution in [1.29, 1.82) is 0 Å². The molecule has 0 saturated carbocycles. The number of aromatic nitrogens is 2. The lowest BCUT2D eigenvalue weighted by atomic mass is 10.2. The second-order valence-corrected chi connectivity index (χ2v) is 5.67. The van der Waals surface area contributed by atoms with Crippen molar-refractivity contribution in [3.8, 4) is 0 Å². The zero-order valence-corrected chi connectivity index (χ0v) is 13.7. The number of aryl methyl sites for hydroxylation is 2. The molecule has 6 heteroatoms. The molecule has 0 spiro atoms. The standard InChI is InChI=1S/C18H19N3O3/c1-3-4-9-21-17(10-12(2)20-21)19-18(23)16-11-14(22)13-7-5-6-8-15(13)24-16/h5-8,10-11H,3-4,9H2,1-2H3,(H,19,23). The Morgan fingerprint density at radius 2 is 2.08 bits per heavy atom. The average Bonchev–Trinajstić information content (AvgIpc) is 2.92. The number of anilines is 1. The average molecular weight is 325 g/mol. The molecule has 3 aromatic rings. The summed E-state index contributed by atoms with van der Waals surface area (Å²) in [6.07, 6.45) is 2.00. The molecule has 0 bridgehead atoms. The largest absolute Gasteiger partial charge is 0.451 e. The van der Waals surface area contributed by atoms with Crippen LogP contribution in [0.3, 0.4) is 0 Å². The van der Waals surface area contributed by atoms with E-state index >= 15 is 0 Å². The molecule has 0 atom stereocenters. The number of carbonyl (C=O) groups is 1. The Bertz CT molecular complexity index is 940. The van der Waals surface area contributed by atoms with Gasteiger partial charge in [-0.25, -0.2) is 4.68 Å². The van der Waals surface area contributed by atoms with Crippen LogP contribution in [0.2, 0.25) is 0 Å². The smallest absolute Gasteiger partial charge is 0.292 e. The summed E-state index contributed by atoms with van der Waals surface area (Å²) in [7, 11) is 0. The second kappa shape index (κ2) is 6.70. The molecule has 0 saturated heterocycles. The van der Waals surface area contributed by atoms with Gasteiger partial charge in [0.2, 0.25) is 0 Å². The van der Waals surface area contributed by atoms with Gasteiger partial charge in [-0.05, 0) is 25.5 Å². The molecule has 1 amide bonds. The van der Waals surface area contributed by atoms with E-state index in [1.165, 1.54) is 6.07 Å². The minimum Gasteiger partial charge on any atom is -0.451 e. The van der Waals surface area contributed by atoms with E-state index in [0.29, 0.717) is 16.8 Å². The molecule has 0 radical (unpaired) electrons. The third-order valence-electron chi connectivity index (χ3n) is 3.73. The fourth-order valence-corrected chi connectivity index (χ4v) is 2.52. The third kappa shape index (κ3) is 3.22. The summed E-state index contributed by atoms with van der Waals surface area (Å²) in [4.78, 5) is 24.6. The van der Waals surface area contributed by atoms with E-state index in [9.17, 15) is 9.59 Å². The number of hydrogen-bond donors (Lipinski definition) is 1. The first-order valence-corrected chi connectivity index (χ1v) is 7.97. The van der Waals surface area contributed by atoms with Crippen LogP contribution < -0.4 is 10.7 Å². The highest BCUT2D eigenvalue weighted by molar-refractivity contribution is 6.02. The molecule has 1 aromatic carbocycles. The van der Waals surface area contributed by atoms with Crippen LogP contribution in [0.25, 0.3) is 11.0 Å². The van der Waals surface area contributed by atoms with Gasteiger partial charge in [-0.2, -0.15) is 5.10 Å². The van der Waals surface area contributed by atoms with Crippen LogP contribution in [0.15, 0.2) is 45.6 Å². The third-order valence-corrected chi connectivity index (χ3v) is 3.73. The Hall–Kier alpha value is -2.89. The van der Waals surface area contributed by atoms with Gasteiger partial charge >= 0.3 is 0 Å². The van der Waals surface area contributed by atoms with Gasteiger partial charge in [-0.15, -0.1) is 0 Å². The van der Waals surface area contributed by atoms with Gasteiger partial charge < -0.3 is 9.73 Å². The Kier molecular flexibility index (Phi) is 4.46. The van der Waals surface area contributed by atoms with Gasteiger partial charge in [0.1, 0.15) is 11.4 Å². The Morgan fingerprint density at radius 1 is 1.29 bits per heavy atom. The predicted molar refractivity (Wildman–Crippen MR) is 92.3 cm³/mol. The molecule has 2 aromatic heterocycles. The molecule has 24 heavy (non-hydrogen) atoms. The van der Waals surface area contributed by atoms with Crippen LogP contribution in [-0.4, -0.2) is 15.7 Å². The quantitative estimate of drug-likeness (QED) is 0.780. The highest BCUT2D eigenvalue weighted by Gasteiger charge is 2.15. The molecule has 0 unspecified atom stereocenters. The molecule has 0 fully saturated rings. The molecular formula is C18H19N3O3. The lowest BCUT2D eigenvalue weighted by molar-refractivity contribution is 0.0996. The number of carbonyl (C=O) groups excluding carboxylic acids is 1. The molecule has 0 aliphatic heterocycles. The number of amides is 1. The van der Waals surface area contributed by atoms with Crippen molar-refractivity contribution in [3.63, 3.8) is 0 Å². The van der Waals surface area contributed by atoms with Crippen molar-refractivity contribution in [3.05, 3.63) is 58.1 Å². The van der Waals surface area contributed by atoms with Crippen LogP contribution >= 0.6 is 0 Å². The molecule has 6 nitrogen and oxygen atoms in total. The highest BCUT2D eigenvalue weighted by atomic mass is 16.3. The van der Waals surface area contributed by atoms with E-state index in [4.69, 9.17) is 4.42 Å². The van der Waals surface area contributed by atoms with Crippen molar-refractivity contribution in [2.45, 2.75) is 33.2 Å². The molecule has 124 valence electrons. The monoisotopic (exact) mass is 325 g/mol. The summed E-state index contributed by atoms with van der Waals surface area (Å²) >= 11 is 0. The van der Waals surface area contributed by atoms with Crippen LogP contribution in [0.1, 0.15) is 36.0 Å².